The largest absolute Gasteiger partial charge is 0.346 e. The number of carbonyl (C=O) groups excluding carboxylic acids is 1. The Hall–Kier alpha value is -0.580. The number of nitrogens with one attached hydrogen (secondary N) is 1. The van der Waals surface area contributed by atoms with E-state index in [0.717, 1.165) is 16.5 Å². The zero-order valence-corrected chi connectivity index (χ0v) is 14.9. The second-order valence-corrected chi connectivity index (χ2v) is 6.58. The van der Waals surface area contributed by atoms with Gasteiger partial charge in [0.25, 0.3) is 5.91 Å². The van der Waals surface area contributed by atoms with Crippen LogP contribution in [0.25, 0.3) is 0 Å². The first kappa shape index (κ1) is 19.4. The van der Waals surface area contributed by atoms with Crippen molar-refractivity contribution in [3.8, 4) is 0 Å². The Labute approximate surface area is 136 Å². The highest BCUT2D eigenvalue weighted by Crippen LogP contribution is 2.21. The minimum Gasteiger partial charge on any atom is -0.346 e. The minimum atomic E-state index is -0.361. The van der Waals surface area contributed by atoms with Crippen LogP contribution in [0.15, 0.2) is 22.7 Å². The number of benzene rings is 1. The maximum Gasteiger partial charge on any atom is 0.252 e. The van der Waals surface area contributed by atoms with E-state index in [9.17, 15) is 4.79 Å². The monoisotopic (exact) mass is 362 g/mol. The Kier molecular flexibility index (Phi) is 7.78. The van der Waals surface area contributed by atoms with Gasteiger partial charge in [0, 0.05) is 22.1 Å². The second-order valence-electron chi connectivity index (χ2n) is 5.73. The van der Waals surface area contributed by atoms with Gasteiger partial charge in [-0.25, -0.2) is 0 Å². The fourth-order valence-corrected chi connectivity index (χ4v) is 2.65. The molecule has 0 aromatic heterocycles. The summed E-state index contributed by atoms with van der Waals surface area (Å²) in [5.41, 5.74) is 7.11. The lowest BCUT2D eigenvalue weighted by atomic mass is 9.90. The molecule has 1 rings (SSSR count). The van der Waals surface area contributed by atoms with Crippen LogP contribution in [-0.2, 0) is 0 Å². The molecule has 3 nitrogen and oxygen atoms in total. The molecule has 0 saturated carbocycles. The average Bonchev–Trinajstić information content (AvgIpc) is 2.31. The molecule has 0 aliphatic carbocycles. The van der Waals surface area contributed by atoms with Gasteiger partial charge >= 0.3 is 0 Å². The number of nitrogens with two attached hydrogens (primary N) is 1. The van der Waals surface area contributed by atoms with Gasteiger partial charge < -0.3 is 11.1 Å². The quantitative estimate of drug-likeness (QED) is 0.838. The molecular formula is C15H24BrClN2O. The van der Waals surface area contributed by atoms with E-state index >= 15 is 0 Å². The van der Waals surface area contributed by atoms with E-state index in [1.165, 1.54) is 0 Å². The molecule has 0 heterocycles. The summed E-state index contributed by atoms with van der Waals surface area (Å²) in [6.45, 7) is 8.62. The number of amides is 1. The molecule has 0 aliphatic heterocycles. The van der Waals surface area contributed by atoms with Crippen LogP contribution < -0.4 is 11.1 Å². The third-order valence-electron chi connectivity index (χ3n) is 3.24. The SMILES string of the molecule is Cc1c(Br)cccc1C(=O)NC(C)(CN)CC(C)C.Cl. The van der Waals surface area contributed by atoms with Crippen LogP contribution in [0.1, 0.15) is 43.1 Å². The summed E-state index contributed by atoms with van der Waals surface area (Å²) in [7, 11) is 0. The zero-order chi connectivity index (χ0) is 14.6. The standard InChI is InChI=1S/C15H23BrN2O.ClH/c1-10(2)8-15(4,9-17)18-14(19)12-6-5-7-13(16)11(12)3;/h5-7,10H,8-9,17H2,1-4H3,(H,18,19);1H. The average molecular weight is 364 g/mol. The maximum absolute atomic E-state index is 12.4. The highest BCUT2D eigenvalue weighted by atomic mass is 79.9. The lowest BCUT2D eigenvalue weighted by molar-refractivity contribution is 0.0897. The van der Waals surface area contributed by atoms with Gasteiger partial charge in [-0.05, 0) is 43.9 Å². The lowest BCUT2D eigenvalue weighted by Crippen LogP contribution is -2.52. The van der Waals surface area contributed by atoms with Crippen LogP contribution in [0.2, 0.25) is 0 Å². The molecule has 0 fully saturated rings. The highest BCUT2D eigenvalue weighted by Gasteiger charge is 2.26. The maximum atomic E-state index is 12.4. The first-order valence-electron chi connectivity index (χ1n) is 6.57. The second kappa shape index (κ2) is 8.01. The van der Waals surface area contributed by atoms with Crippen molar-refractivity contribution in [2.45, 2.75) is 39.7 Å². The number of halogens is 2. The first-order valence-corrected chi connectivity index (χ1v) is 7.36. The summed E-state index contributed by atoms with van der Waals surface area (Å²) in [4.78, 5) is 12.4. The molecule has 0 saturated heterocycles. The molecular weight excluding hydrogens is 340 g/mol. The van der Waals surface area contributed by atoms with Gasteiger partial charge in [-0.15, -0.1) is 12.4 Å². The molecule has 1 atom stereocenters. The van der Waals surface area contributed by atoms with E-state index in [1.807, 2.05) is 32.0 Å². The van der Waals surface area contributed by atoms with Crippen molar-refractivity contribution in [2.24, 2.45) is 11.7 Å². The summed E-state index contributed by atoms with van der Waals surface area (Å²) in [6, 6.07) is 5.64. The van der Waals surface area contributed by atoms with Crippen LogP contribution in [-0.4, -0.2) is 18.0 Å². The summed E-state index contributed by atoms with van der Waals surface area (Å²) in [5, 5.41) is 3.07. The minimum absolute atomic E-state index is 0. The van der Waals surface area contributed by atoms with Crippen molar-refractivity contribution in [3.63, 3.8) is 0 Å². The van der Waals surface area contributed by atoms with Gasteiger partial charge in [0.05, 0.1) is 0 Å². The molecule has 20 heavy (non-hydrogen) atoms. The zero-order valence-electron chi connectivity index (χ0n) is 12.5. The number of rotatable bonds is 5. The van der Waals surface area contributed by atoms with E-state index in [4.69, 9.17) is 5.73 Å². The van der Waals surface area contributed by atoms with E-state index in [-0.39, 0.29) is 23.9 Å². The number of carbonyl (C=O) groups is 1. The Balaban J connectivity index is 0.00000361. The number of hydrogen-bond acceptors (Lipinski definition) is 2. The topological polar surface area (TPSA) is 55.1 Å². The Bertz CT molecular complexity index is 465. The molecule has 1 aromatic rings. The predicted octanol–water partition coefficient (Wildman–Crippen LogP) is 3.67. The molecule has 1 unspecified atom stereocenters. The molecule has 1 aromatic carbocycles. The molecule has 3 N–H and O–H groups in total. The van der Waals surface area contributed by atoms with Gasteiger partial charge in [0.1, 0.15) is 0 Å². The molecule has 114 valence electrons. The Morgan fingerprint density at radius 3 is 2.55 bits per heavy atom. The summed E-state index contributed by atoms with van der Waals surface area (Å²) in [6.07, 6.45) is 0.863. The van der Waals surface area contributed by atoms with Gasteiger partial charge in [0.2, 0.25) is 0 Å². The van der Waals surface area contributed by atoms with Crippen molar-refractivity contribution >= 4 is 34.2 Å². The van der Waals surface area contributed by atoms with E-state index < -0.39 is 0 Å². The van der Waals surface area contributed by atoms with Crippen LogP contribution in [0.5, 0.6) is 0 Å². The molecule has 0 bridgehead atoms. The normalized spacial score (nSPS) is 13.6. The highest BCUT2D eigenvalue weighted by molar-refractivity contribution is 9.10. The van der Waals surface area contributed by atoms with Gasteiger partial charge in [-0.2, -0.15) is 0 Å². The molecule has 0 spiro atoms. The third kappa shape index (κ3) is 5.08. The van der Waals surface area contributed by atoms with Gasteiger partial charge in [0.15, 0.2) is 0 Å². The van der Waals surface area contributed by atoms with Crippen molar-refractivity contribution in [1.82, 2.24) is 5.32 Å². The van der Waals surface area contributed by atoms with Crippen LogP contribution in [0.3, 0.4) is 0 Å². The predicted molar refractivity (Wildman–Crippen MR) is 90.5 cm³/mol. The van der Waals surface area contributed by atoms with E-state index in [0.29, 0.717) is 18.0 Å². The van der Waals surface area contributed by atoms with Crippen molar-refractivity contribution in [3.05, 3.63) is 33.8 Å². The Morgan fingerprint density at radius 2 is 2.05 bits per heavy atom. The van der Waals surface area contributed by atoms with Crippen molar-refractivity contribution < 1.29 is 4.79 Å². The van der Waals surface area contributed by atoms with Gasteiger partial charge in [-0.1, -0.05) is 35.8 Å². The molecule has 0 aliphatic rings. The molecule has 1 amide bonds. The lowest BCUT2D eigenvalue weighted by Gasteiger charge is -2.31. The van der Waals surface area contributed by atoms with Crippen LogP contribution in [0, 0.1) is 12.8 Å². The molecule has 5 heteroatoms. The van der Waals surface area contributed by atoms with E-state index in [1.54, 1.807) is 0 Å². The summed E-state index contributed by atoms with van der Waals surface area (Å²) >= 11 is 3.45. The van der Waals surface area contributed by atoms with E-state index in [2.05, 4.69) is 35.1 Å². The fourth-order valence-electron chi connectivity index (χ4n) is 2.28. The van der Waals surface area contributed by atoms with Crippen LogP contribution >= 0.6 is 28.3 Å². The number of hydrogen-bond donors (Lipinski definition) is 2. The van der Waals surface area contributed by atoms with Crippen molar-refractivity contribution in [2.75, 3.05) is 6.54 Å². The van der Waals surface area contributed by atoms with Crippen molar-refractivity contribution in [1.29, 1.82) is 0 Å². The fraction of sp³-hybridized carbons (Fsp3) is 0.533. The summed E-state index contributed by atoms with van der Waals surface area (Å²) < 4.78 is 0.943. The Morgan fingerprint density at radius 1 is 1.45 bits per heavy atom. The summed E-state index contributed by atoms with van der Waals surface area (Å²) in [5.74, 6) is 0.421. The van der Waals surface area contributed by atoms with Crippen LogP contribution in [0.4, 0.5) is 0 Å². The third-order valence-corrected chi connectivity index (χ3v) is 4.10. The molecule has 0 radical (unpaired) electrons. The first-order chi connectivity index (χ1) is 8.79. The smallest absolute Gasteiger partial charge is 0.252 e. The van der Waals surface area contributed by atoms with Gasteiger partial charge in [-0.3, -0.25) is 4.79 Å².